The summed E-state index contributed by atoms with van der Waals surface area (Å²) in [6.07, 6.45) is 6.47. The van der Waals surface area contributed by atoms with Gasteiger partial charge in [0.05, 0.1) is 12.5 Å². The fourth-order valence-corrected chi connectivity index (χ4v) is 9.62. The van der Waals surface area contributed by atoms with E-state index in [4.69, 9.17) is 18.6 Å². The Kier molecular flexibility index (Phi) is 6.93. The van der Waals surface area contributed by atoms with Gasteiger partial charge in [0.1, 0.15) is 0 Å². The summed E-state index contributed by atoms with van der Waals surface area (Å²) in [4.78, 5) is 14.4. The van der Waals surface area contributed by atoms with Crippen molar-refractivity contribution in [1.29, 1.82) is 0 Å². The second-order valence-corrected chi connectivity index (χ2v) is 16.6. The van der Waals surface area contributed by atoms with E-state index in [2.05, 4.69) is 84.9 Å². The van der Waals surface area contributed by atoms with Crippen molar-refractivity contribution in [2.45, 2.75) is 104 Å². The Labute approximate surface area is 289 Å². The zero-order valence-electron chi connectivity index (χ0n) is 30.2. The first-order valence-electron chi connectivity index (χ1n) is 17.9. The van der Waals surface area contributed by atoms with Gasteiger partial charge in [-0.05, 0) is 55.1 Å². The summed E-state index contributed by atoms with van der Waals surface area (Å²) in [5.41, 5.74) is 4.58. The summed E-state index contributed by atoms with van der Waals surface area (Å²) in [5, 5.41) is 2.06. The lowest BCUT2D eigenvalue weighted by Crippen LogP contribution is -2.38. The lowest BCUT2D eigenvalue weighted by Gasteiger charge is -2.40. The van der Waals surface area contributed by atoms with Gasteiger partial charge in [0, 0.05) is 43.9 Å². The zero-order valence-corrected chi connectivity index (χ0v) is 30.2. The molecule has 49 heavy (non-hydrogen) atoms. The minimum atomic E-state index is -1.26. The van der Waals surface area contributed by atoms with Gasteiger partial charge in [0.2, 0.25) is 0 Å². The minimum Gasteiger partial charge on any atom is -0.493 e. The highest BCUT2D eigenvalue weighted by atomic mass is 16.7. The quantitative estimate of drug-likeness (QED) is 0.139. The third-order valence-corrected chi connectivity index (χ3v) is 13.5. The third kappa shape index (κ3) is 4.26. The fourth-order valence-electron chi connectivity index (χ4n) is 9.62. The van der Waals surface area contributed by atoms with Crippen molar-refractivity contribution in [3.05, 3.63) is 111 Å². The van der Waals surface area contributed by atoms with Crippen LogP contribution in [-0.2, 0) is 16.6 Å². The van der Waals surface area contributed by atoms with Crippen molar-refractivity contribution < 1.29 is 18.6 Å². The maximum absolute atomic E-state index is 14.4. The van der Waals surface area contributed by atoms with Crippen LogP contribution in [0, 0.1) is 17.8 Å². The van der Waals surface area contributed by atoms with E-state index in [9.17, 15) is 4.79 Å². The summed E-state index contributed by atoms with van der Waals surface area (Å²) in [6.45, 7) is 16.1. The molecule has 2 heterocycles. The Morgan fingerprint density at radius 2 is 1.18 bits per heavy atom. The van der Waals surface area contributed by atoms with E-state index in [1.165, 1.54) is 0 Å². The van der Waals surface area contributed by atoms with Crippen molar-refractivity contribution in [2.24, 2.45) is 10.8 Å². The molecule has 0 unspecified atom stereocenters. The molecule has 0 saturated heterocycles. The highest BCUT2D eigenvalue weighted by Crippen LogP contribution is 2.63. The largest absolute Gasteiger partial charge is 0.493 e. The van der Waals surface area contributed by atoms with Crippen LogP contribution in [0.3, 0.4) is 0 Å². The van der Waals surface area contributed by atoms with Gasteiger partial charge in [0.25, 0.3) is 0 Å². The standard InChI is InChI=1S/C44H48O5/c1-27-25-31(42(6)23-15-21-40(42,2)3)35(46-8)37-33(27)34-30(39(45)47-37)26-32(43(7)24-16-22-41(43,4)5)36-38(34)49-44(48-36,28-17-11-9-12-18-28)29-19-13-10-14-20-29/h9-14,17-20,25-26H,15-16,21-24H2,1-8H3/t42-,43-/m1/s1. The predicted octanol–water partition coefficient (Wildman–Crippen LogP) is 10.9. The second kappa shape index (κ2) is 10.6. The van der Waals surface area contributed by atoms with Crippen LogP contribution in [0.25, 0.3) is 21.7 Å². The molecule has 0 amide bonds. The molecule has 0 N–H and O–H groups in total. The van der Waals surface area contributed by atoms with Crippen molar-refractivity contribution in [3.8, 4) is 17.2 Å². The van der Waals surface area contributed by atoms with Crippen molar-refractivity contribution in [1.82, 2.24) is 0 Å². The van der Waals surface area contributed by atoms with E-state index in [0.29, 0.717) is 28.2 Å². The predicted molar refractivity (Wildman–Crippen MR) is 196 cm³/mol. The Morgan fingerprint density at radius 3 is 1.69 bits per heavy atom. The fraction of sp³-hybridized carbons (Fsp3) is 0.432. The number of methoxy groups -OCH3 is 1. The molecular formula is C44H48O5. The maximum atomic E-state index is 14.4. The molecule has 4 aromatic carbocycles. The van der Waals surface area contributed by atoms with Gasteiger partial charge in [-0.15, -0.1) is 0 Å². The van der Waals surface area contributed by atoms with Crippen molar-refractivity contribution in [2.75, 3.05) is 7.11 Å². The second-order valence-electron chi connectivity index (χ2n) is 16.6. The van der Waals surface area contributed by atoms with Crippen LogP contribution in [-0.4, -0.2) is 7.11 Å². The van der Waals surface area contributed by atoms with E-state index in [1.54, 1.807) is 7.11 Å². The maximum Gasteiger partial charge on any atom is 0.344 e. The van der Waals surface area contributed by atoms with Crippen LogP contribution in [0.15, 0.2) is 82.0 Å². The highest BCUT2D eigenvalue weighted by Gasteiger charge is 2.54. The molecule has 1 aliphatic heterocycles. The summed E-state index contributed by atoms with van der Waals surface area (Å²) >= 11 is 0. The van der Waals surface area contributed by atoms with Crippen LogP contribution in [0.2, 0.25) is 0 Å². The number of benzene rings is 4. The van der Waals surface area contributed by atoms with Crippen LogP contribution in [0.1, 0.15) is 108 Å². The number of hydrogen-bond donors (Lipinski definition) is 0. The number of aryl methyl sites for hydroxylation is 1. The lowest BCUT2D eigenvalue weighted by molar-refractivity contribution is -0.0463. The summed E-state index contributed by atoms with van der Waals surface area (Å²) in [6, 6.07) is 24.6. The van der Waals surface area contributed by atoms with Gasteiger partial charge in [0.15, 0.2) is 22.8 Å². The van der Waals surface area contributed by atoms with Crippen LogP contribution in [0.5, 0.6) is 17.2 Å². The monoisotopic (exact) mass is 656 g/mol. The third-order valence-electron chi connectivity index (χ3n) is 13.5. The van der Waals surface area contributed by atoms with Gasteiger partial charge in [-0.2, -0.15) is 0 Å². The highest BCUT2D eigenvalue weighted by molar-refractivity contribution is 6.13. The lowest BCUT2D eigenvalue weighted by atomic mass is 9.64. The van der Waals surface area contributed by atoms with Gasteiger partial charge in [-0.1, -0.05) is 121 Å². The normalized spacial score (nSPS) is 24.9. The molecule has 3 aliphatic rings. The molecule has 5 heteroatoms. The number of ether oxygens (including phenoxy) is 3. The first kappa shape index (κ1) is 32.0. The molecule has 5 nitrogen and oxygen atoms in total. The summed E-state index contributed by atoms with van der Waals surface area (Å²) in [7, 11) is 1.69. The molecule has 0 spiro atoms. The van der Waals surface area contributed by atoms with Crippen LogP contribution < -0.4 is 19.8 Å². The van der Waals surface area contributed by atoms with Gasteiger partial charge >= 0.3 is 11.4 Å². The van der Waals surface area contributed by atoms with Gasteiger partial charge < -0.3 is 18.6 Å². The number of rotatable bonds is 5. The van der Waals surface area contributed by atoms with Crippen LogP contribution >= 0.6 is 0 Å². The molecule has 5 aromatic rings. The van der Waals surface area contributed by atoms with Crippen molar-refractivity contribution in [3.63, 3.8) is 0 Å². The molecule has 2 saturated carbocycles. The first-order valence-corrected chi connectivity index (χ1v) is 17.9. The number of hydrogen-bond acceptors (Lipinski definition) is 5. The minimum absolute atomic E-state index is 0.0306. The average Bonchev–Trinajstić information content (AvgIpc) is 3.72. The SMILES string of the molecule is COc1c([C@@]2(C)CCCC2(C)C)cc(C)c2c1oc(=O)c1cc([C@@]3(C)CCCC3(C)C)c3c(c12)OC(c1ccccc1)(c1ccccc1)O3. The van der Waals surface area contributed by atoms with E-state index in [-0.39, 0.29) is 21.7 Å². The smallest absolute Gasteiger partial charge is 0.344 e. The molecule has 0 bridgehead atoms. The van der Waals surface area contributed by atoms with Crippen LogP contribution in [0.4, 0.5) is 0 Å². The summed E-state index contributed by atoms with van der Waals surface area (Å²) < 4.78 is 27.3. The summed E-state index contributed by atoms with van der Waals surface area (Å²) in [5.74, 6) is 0.674. The first-order chi connectivity index (χ1) is 23.3. The Bertz CT molecular complexity index is 2140. The van der Waals surface area contributed by atoms with E-state index < -0.39 is 11.4 Å². The topological polar surface area (TPSA) is 57.9 Å². The van der Waals surface area contributed by atoms with E-state index in [0.717, 1.165) is 77.1 Å². The molecule has 2 atom stereocenters. The number of fused-ring (bicyclic) bond motifs is 5. The van der Waals surface area contributed by atoms with Gasteiger partial charge in [-0.3, -0.25) is 0 Å². The molecule has 2 aliphatic carbocycles. The molecular weight excluding hydrogens is 608 g/mol. The molecule has 2 fully saturated rings. The van der Waals surface area contributed by atoms with E-state index >= 15 is 0 Å². The molecule has 1 aromatic heterocycles. The Morgan fingerprint density at radius 1 is 0.653 bits per heavy atom. The molecule has 254 valence electrons. The Hall–Kier alpha value is -4.25. The molecule has 8 rings (SSSR count). The van der Waals surface area contributed by atoms with E-state index in [1.807, 2.05) is 36.4 Å². The zero-order chi connectivity index (χ0) is 34.6. The Balaban J connectivity index is 1.51. The van der Waals surface area contributed by atoms with Crippen molar-refractivity contribution >= 4 is 21.7 Å². The van der Waals surface area contributed by atoms with Gasteiger partial charge in [-0.25, -0.2) is 4.79 Å². The molecule has 0 radical (unpaired) electrons. The average molecular weight is 657 g/mol.